The molecule has 0 radical (unpaired) electrons. The summed E-state index contributed by atoms with van der Waals surface area (Å²) in [6.45, 7) is 5.25. The van der Waals surface area contributed by atoms with E-state index < -0.39 is 74.3 Å². The Morgan fingerprint density at radius 1 is 1.00 bits per heavy atom. The Morgan fingerprint density at radius 2 is 1.80 bits per heavy atom. The highest BCUT2D eigenvalue weighted by atomic mass is 32.2. The highest BCUT2D eigenvalue weighted by molar-refractivity contribution is 7.91. The van der Waals surface area contributed by atoms with Gasteiger partial charge in [0.05, 0.1) is 30.1 Å². The second-order valence-corrected chi connectivity index (χ2v) is 19.1. The second-order valence-electron chi connectivity index (χ2n) is 17.2. The number of nitrogens with one attached hydrogen (secondary N) is 3. The van der Waals surface area contributed by atoms with E-state index in [0.29, 0.717) is 71.7 Å². The Balaban J connectivity index is 1.13. The summed E-state index contributed by atoms with van der Waals surface area (Å²) < 4.78 is 57.0. The van der Waals surface area contributed by atoms with Gasteiger partial charge in [0, 0.05) is 35.4 Å². The van der Waals surface area contributed by atoms with Crippen molar-refractivity contribution in [2.45, 2.75) is 113 Å². The van der Waals surface area contributed by atoms with Crippen LogP contribution in [0.3, 0.4) is 0 Å². The first-order valence-electron chi connectivity index (χ1n) is 20.5. The van der Waals surface area contributed by atoms with E-state index in [9.17, 15) is 27.6 Å². The van der Waals surface area contributed by atoms with Crippen molar-refractivity contribution in [3.8, 4) is 34.3 Å². The summed E-state index contributed by atoms with van der Waals surface area (Å²) >= 11 is 0. The maximum absolute atomic E-state index is 14.7. The number of methoxy groups -OCH3 is 1. The highest BCUT2D eigenvalue weighted by Gasteiger charge is 2.62. The lowest BCUT2D eigenvalue weighted by Crippen LogP contribution is -2.58. The van der Waals surface area contributed by atoms with Crippen molar-refractivity contribution in [1.82, 2.24) is 25.2 Å². The van der Waals surface area contributed by atoms with E-state index in [4.69, 9.17) is 28.7 Å². The van der Waals surface area contributed by atoms with Gasteiger partial charge in [-0.25, -0.2) is 18.2 Å². The van der Waals surface area contributed by atoms with Gasteiger partial charge in [-0.05, 0) is 89.6 Å². The number of rotatable bonds is 8. The number of hydrogen-bond acceptors (Lipinski definition) is 12. The van der Waals surface area contributed by atoms with Gasteiger partial charge in [0.1, 0.15) is 40.8 Å². The van der Waals surface area contributed by atoms with Crippen LogP contribution in [-0.4, -0.2) is 97.1 Å². The van der Waals surface area contributed by atoms with Crippen LogP contribution in [0.25, 0.3) is 22.2 Å². The number of nitrogens with zero attached hydrogens (tertiary/aromatic N) is 2. The van der Waals surface area contributed by atoms with E-state index in [2.05, 4.69) is 15.4 Å². The van der Waals surface area contributed by atoms with Gasteiger partial charge in [0.2, 0.25) is 28.6 Å². The van der Waals surface area contributed by atoms with Gasteiger partial charge in [-0.2, -0.15) is 0 Å². The summed E-state index contributed by atoms with van der Waals surface area (Å²) in [4.78, 5) is 62.6. The monoisotopic (exact) mass is 845 g/mol. The summed E-state index contributed by atoms with van der Waals surface area (Å²) in [7, 11) is -2.36. The number of alkyl carbamates (subject to hydrolysis) is 1. The Kier molecular flexibility index (Phi) is 11.1. The van der Waals surface area contributed by atoms with E-state index in [0.717, 1.165) is 18.4 Å². The molecule has 2 aromatic carbocycles. The fourth-order valence-corrected chi connectivity index (χ4v) is 9.45. The third kappa shape index (κ3) is 8.81. The molecule has 5 atom stereocenters. The van der Waals surface area contributed by atoms with E-state index >= 15 is 0 Å². The van der Waals surface area contributed by atoms with Crippen LogP contribution in [0.1, 0.15) is 78.6 Å². The van der Waals surface area contributed by atoms with Crippen LogP contribution in [0, 0.1) is 5.92 Å². The molecule has 3 N–H and O–H groups in total. The zero-order chi connectivity index (χ0) is 42.4. The molecule has 0 unspecified atom stereocenters. The number of allylic oxidation sites excluding steroid dienone is 1. The van der Waals surface area contributed by atoms with Crippen molar-refractivity contribution in [1.29, 1.82) is 0 Å². The van der Waals surface area contributed by atoms with Crippen LogP contribution in [0.4, 0.5) is 4.79 Å². The number of ether oxygens (including phenoxy) is 5. The molecule has 4 heterocycles. The fourth-order valence-electron chi connectivity index (χ4n) is 8.08. The topological polar surface area (TPSA) is 201 Å². The summed E-state index contributed by atoms with van der Waals surface area (Å²) in [6.07, 6.45) is 6.55. The Labute approximate surface area is 348 Å². The van der Waals surface area contributed by atoms with Crippen molar-refractivity contribution in [3.05, 3.63) is 54.6 Å². The zero-order valence-electron chi connectivity index (χ0n) is 34.2. The molecular formula is C43H51N5O11S. The van der Waals surface area contributed by atoms with Crippen molar-refractivity contribution in [2.75, 3.05) is 20.4 Å². The number of hydrogen-bond donors (Lipinski definition) is 3. The Hall–Kier alpha value is -5.58. The standard InChI is InChI=1S/C43H51N5O11S/c1-42(2,3)59-41(52)45-31-11-9-7-5-6-8-10-26-22-43(26,40(51)47-60(53,54)29-14-15-29)46-38(49)34-20-28(23-48(34)39(31)50)58-36-21-32(25-12-17-35-37(18-25)57-24-56-35)44-33-19-27(55-4)13-16-30(33)36/h8,10,12-13,16-19,21,26,28-29,31,34H,5-7,9,11,14-15,20,22-24H2,1-4H3,(H,45,52)(H,46,49)(H,47,51)/b10-8-/t26-,28+,31-,34+,43-/m1/s1. The first-order valence-corrected chi connectivity index (χ1v) is 22.1. The average Bonchev–Trinajstić information content (AvgIpc) is 4.08. The molecule has 2 aliphatic carbocycles. The molecule has 3 fully saturated rings. The summed E-state index contributed by atoms with van der Waals surface area (Å²) in [6, 6.07) is 10.5. The van der Waals surface area contributed by atoms with Crippen LogP contribution in [0.15, 0.2) is 54.6 Å². The zero-order valence-corrected chi connectivity index (χ0v) is 35.0. The predicted octanol–water partition coefficient (Wildman–Crippen LogP) is 4.88. The SMILES string of the molecule is COc1ccc2c(O[C@H]3C[C@H]4C(=O)N[C@]5(C(=O)NS(=O)(=O)C6CC6)C[C@H]5/C=C\CCCCC[C@@H](NC(=O)OC(C)(C)C)C(=O)N4C3)cc(-c3ccc4c(c3)OCO4)nc2c1. The van der Waals surface area contributed by atoms with Crippen molar-refractivity contribution in [3.63, 3.8) is 0 Å². The van der Waals surface area contributed by atoms with Crippen molar-refractivity contribution in [2.24, 2.45) is 5.92 Å². The molecule has 4 amide bonds. The molecule has 5 aliphatic rings. The number of aromatic nitrogens is 1. The Morgan fingerprint density at radius 3 is 2.57 bits per heavy atom. The molecule has 8 rings (SSSR count). The summed E-state index contributed by atoms with van der Waals surface area (Å²) in [5.41, 5.74) is -0.483. The number of benzene rings is 2. The van der Waals surface area contributed by atoms with Crippen LogP contribution in [0.2, 0.25) is 0 Å². The van der Waals surface area contributed by atoms with Gasteiger partial charge in [-0.3, -0.25) is 19.1 Å². The van der Waals surface area contributed by atoms with Gasteiger partial charge in [0.25, 0.3) is 5.91 Å². The minimum Gasteiger partial charge on any atom is -0.497 e. The molecule has 1 saturated heterocycles. The molecule has 0 spiro atoms. The van der Waals surface area contributed by atoms with Crippen molar-refractivity contribution >= 4 is 44.7 Å². The van der Waals surface area contributed by atoms with Gasteiger partial charge >= 0.3 is 6.09 Å². The smallest absolute Gasteiger partial charge is 0.408 e. The summed E-state index contributed by atoms with van der Waals surface area (Å²) in [5, 5.41) is 5.68. The van der Waals surface area contributed by atoms with Crippen LogP contribution >= 0.6 is 0 Å². The van der Waals surface area contributed by atoms with E-state index in [1.807, 2.05) is 30.4 Å². The molecule has 1 aromatic heterocycles. The third-order valence-electron chi connectivity index (χ3n) is 11.5. The van der Waals surface area contributed by atoms with Gasteiger partial charge in [0.15, 0.2) is 11.5 Å². The molecule has 3 aromatic rings. The van der Waals surface area contributed by atoms with Gasteiger partial charge in [-0.15, -0.1) is 0 Å². The molecule has 2 saturated carbocycles. The normalized spacial score (nSPS) is 26.1. The molecule has 320 valence electrons. The number of sulfonamides is 1. The lowest BCUT2D eigenvalue weighted by molar-refractivity contribution is -0.141. The lowest BCUT2D eigenvalue weighted by atomic mass is 10.0. The van der Waals surface area contributed by atoms with Gasteiger partial charge in [-0.1, -0.05) is 25.0 Å². The molecule has 16 nitrogen and oxygen atoms in total. The Bertz CT molecular complexity index is 2340. The average molecular weight is 846 g/mol. The predicted molar refractivity (Wildman–Crippen MR) is 219 cm³/mol. The number of amides is 4. The van der Waals surface area contributed by atoms with Crippen LogP contribution in [0.5, 0.6) is 23.0 Å². The van der Waals surface area contributed by atoms with E-state index in [1.165, 1.54) is 4.90 Å². The first-order chi connectivity index (χ1) is 28.6. The van der Waals surface area contributed by atoms with Crippen LogP contribution in [-0.2, 0) is 29.1 Å². The maximum Gasteiger partial charge on any atom is 0.408 e. The minimum atomic E-state index is -3.92. The third-order valence-corrected chi connectivity index (χ3v) is 13.3. The van der Waals surface area contributed by atoms with E-state index in [-0.39, 0.29) is 26.2 Å². The van der Waals surface area contributed by atoms with E-state index in [1.54, 1.807) is 52.1 Å². The van der Waals surface area contributed by atoms with Gasteiger partial charge < -0.3 is 39.2 Å². The lowest BCUT2D eigenvalue weighted by Gasteiger charge is -2.30. The minimum absolute atomic E-state index is 0.0225. The quantitative estimate of drug-likeness (QED) is 0.260. The second kappa shape index (κ2) is 16.1. The molecule has 0 bridgehead atoms. The van der Waals surface area contributed by atoms with Crippen LogP contribution < -0.4 is 34.3 Å². The molecule has 17 heteroatoms. The largest absolute Gasteiger partial charge is 0.497 e. The highest BCUT2D eigenvalue weighted by Crippen LogP contribution is 2.46. The molecule has 3 aliphatic heterocycles. The first kappa shape index (κ1) is 41.2. The fraction of sp³-hybridized carbons (Fsp3) is 0.512. The van der Waals surface area contributed by atoms with Crippen molar-refractivity contribution < 1.29 is 51.3 Å². The number of carbonyl (C=O) groups excluding carboxylic acids is 4. The number of pyridine rings is 1. The number of fused-ring (bicyclic) bond motifs is 4. The summed E-state index contributed by atoms with van der Waals surface area (Å²) in [5.74, 6) is -0.184. The maximum atomic E-state index is 14.7. The molecular weight excluding hydrogens is 795 g/mol. The molecule has 60 heavy (non-hydrogen) atoms. The number of carbonyl (C=O) groups is 4.